The number of hydrogen-bond acceptors (Lipinski definition) is 6. The van der Waals surface area contributed by atoms with Gasteiger partial charge in [-0.25, -0.2) is 14.4 Å². The number of rotatable bonds is 8. The van der Waals surface area contributed by atoms with E-state index >= 15 is 0 Å². The van der Waals surface area contributed by atoms with Crippen LogP contribution in [0.1, 0.15) is 31.0 Å². The number of anilines is 2. The van der Waals surface area contributed by atoms with Crippen LogP contribution < -0.4 is 11.1 Å². The maximum absolute atomic E-state index is 14.5. The molecule has 2 bridgehead atoms. The van der Waals surface area contributed by atoms with Crippen LogP contribution in [0.4, 0.5) is 16.0 Å². The van der Waals surface area contributed by atoms with Gasteiger partial charge in [0.25, 0.3) is 0 Å². The monoisotopic (exact) mass is 430 g/mol. The van der Waals surface area contributed by atoms with E-state index in [1.54, 1.807) is 0 Å². The van der Waals surface area contributed by atoms with Crippen LogP contribution in [0.2, 0.25) is 0 Å². The molecule has 160 valence electrons. The van der Waals surface area contributed by atoms with E-state index in [1.165, 1.54) is 6.20 Å². The van der Waals surface area contributed by atoms with E-state index < -0.39 is 5.82 Å². The second-order valence-electron chi connectivity index (χ2n) is 8.57. The van der Waals surface area contributed by atoms with E-state index in [-0.39, 0.29) is 17.7 Å². The van der Waals surface area contributed by atoms with E-state index in [2.05, 4.69) is 22.2 Å². The number of nitrogens with zero attached hydrogens (tertiary/aromatic N) is 2. The smallest absolute Gasteiger partial charge is 0.227 e. The Morgan fingerprint density at radius 3 is 3.00 bits per heavy atom. The Labute approximate surface area is 180 Å². The number of benzene rings is 1. The first-order valence-electron chi connectivity index (χ1n) is 10.4. The van der Waals surface area contributed by atoms with E-state index in [4.69, 9.17) is 10.3 Å². The van der Waals surface area contributed by atoms with Crippen LogP contribution in [-0.2, 0) is 17.6 Å². The second kappa shape index (κ2) is 8.89. The van der Waals surface area contributed by atoms with Crippen LogP contribution >= 0.6 is 12.0 Å². The molecule has 2 aromatic rings. The standard InChI is InChI=1S/C22H27FN4O2S/c1-12-7-14-9-16(12)17(20(14)21(24)28)10-19-18(23)11-25-22(27-19)26-15-4-2-3-13(8-15)5-6-30-29/h2-4,8,11-12,14,16-17,20,29H,5-7,9-10H2,1H3,(H2,24,28)(H,25,26,27)/t12-,14+,16-,17?,20+/m1/s1. The molecule has 1 aromatic heterocycles. The largest absolute Gasteiger partial charge is 0.369 e. The molecule has 2 aliphatic carbocycles. The van der Waals surface area contributed by atoms with Crippen LogP contribution in [0, 0.1) is 35.4 Å². The highest BCUT2D eigenvalue weighted by Crippen LogP contribution is 2.55. The zero-order chi connectivity index (χ0) is 21.3. The molecule has 0 aliphatic heterocycles. The SMILES string of the molecule is C[C@@H]1C[C@H]2C[C@H]1C(Cc1nc(Nc3cccc(CCSO)c3)ncc1F)[C@H]2C(N)=O. The molecule has 4 N–H and O–H groups in total. The maximum Gasteiger partial charge on any atom is 0.227 e. The lowest BCUT2D eigenvalue weighted by molar-refractivity contribution is -0.125. The molecule has 1 heterocycles. The Hall–Kier alpha value is -2.19. The number of aromatic nitrogens is 2. The maximum atomic E-state index is 14.5. The summed E-state index contributed by atoms with van der Waals surface area (Å²) in [5.41, 5.74) is 7.90. The van der Waals surface area contributed by atoms with E-state index in [9.17, 15) is 9.18 Å². The number of nitrogens with one attached hydrogen (secondary N) is 1. The topological polar surface area (TPSA) is 101 Å². The summed E-state index contributed by atoms with van der Waals surface area (Å²) in [6, 6.07) is 7.75. The Bertz CT molecular complexity index is 928. The Balaban J connectivity index is 1.52. The second-order valence-corrected chi connectivity index (χ2v) is 9.23. The minimum atomic E-state index is -0.451. The first-order valence-corrected chi connectivity index (χ1v) is 11.3. The predicted octanol–water partition coefficient (Wildman–Crippen LogP) is 4.04. The van der Waals surface area contributed by atoms with Crippen LogP contribution in [-0.4, -0.2) is 26.2 Å². The van der Waals surface area contributed by atoms with Crippen LogP contribution in [0.25, 0.3) is 0 Å². The summed E-state index contributed by atoms with van der Waals surface area (Å²) in [6.07, 6.45) is 4.35. The van der Waals surface area contributed by atoms with Gasteiger partial charge in [0.2, 0.25) is 11.9 Å². The Kier molecular flexibility index (Phi) is 6.24. The molecule has 6 nitrogen and oxygen atoms in total. The third kappa shape index (κ3) is 4.30. The molecule has 30 heavy (non-hydrogen) atoms. The van der Waals surface area contributed by atoms with Crippen LogP contribution in [0.5, 0.6) is 0 Å². The van der Waals surface area contributed by atoms with Gasteiger partial charge in [0.1, 0.15) is 0 Å². The van der Waals surface area contributed by atoms with Gasteiger partial charge in [-0.05, 0) is 79.1 Å². The van der Waals surface area contributed by atoms with E-state index in [1.807, 2.05) is 24.3 Å². The number of primary amides is 1. The Morgan fingerprint density at radius 2 is 2.23 bits per heavy atom. The lowest BCUT2D eigenvalue weighted by Crippen LogP contribution is -2.38. The molecule has 4 rings (SSSR count). The van der Waals surface area contributed by atoms with Gasteiger partial charge in [-0.2, -0.15) is 0 Å². The number of fused-ring (bicyclic) bond motifs is 2. The number of hydrogen-bond donors (Lipinski definition) is 3. The first-order chi connectivity index (χ1) is 14.5. The molecular weight excluding hydrogens is 403 g/mol. The number of aryl methyl sites for hydroxylation is 1. The number of nitrogens with two attached hydrogens (primary N) is 1. The highest BCUT2D eigenvalue weighted by atomic mass is 32.2. The summed E-state index contributed by atoms with van der Waals surface area (Å²) in [4.78, 5) is 20.6. The molecule has 2 saturated carbocycles. The number of halogens is 1. The summed E-state index contributed by atoms with van der Waals surface area (Å²) in [7, 11) is 0. The lowest BCUT2D eigenvalue weighted by atomic mass is 9.72. The van der Waals surface area contributed by atoms with Crippen LogP contribution in [0.15, 0.2) is 30.5 Å². The molecule has 0 radical (unpaired) electrons. The quantitative estimate of drug-likeness (QED) is 0.546. The minimum absolute atomic E-state index is 0.0350. The molecule has 0 spiro atoms. The van der Waals surface area contributed by atoms with Crippen molar-refractivity contribution in [1.82, 2.24) is 9.97 Å². The number of carbonyl (C=O) groups is 1. The number of carbonyl (C=O) groups excluding carboxylic acids is 1. The molecule has 2 aliphatic rings. The molecule has 1 amide bonds. The average Bonchev–Trinajstić information content (AvgIpc) is 3.26. The summed E-state index contributed by atoms with van der Waals surface area (Å²) in [5.74, 6) is 1.28. The minimum Gasteiger partial charge on any atom is -0.369 e. The highest BCUT2D eigenvalue weighted by Gasteiger charge is 2.53. The summed E-state index contributed by atoms with van der Waals surface area (Å²) in [6.45, 7) is 2.21. The fraction of sp³-hybridized carbons (Fsp3) is 0.500. The van der Waals surface area contributed by atoms with Crippen molar-refractivity contribution in [2.45, 2.75) is 32.6 Å². The predicted molar refractivity (Wildman–Crippen MR) is 116 cm³/mol. The third-order valence-electron chi connectivity index (χ3n) is 6.74. The van der Waals surface area contributed by atoms with Crippen molar-refractivity contribution in [2.75, 3.05) is 11.1 Å². The summed E-state index contributed by atoms with van der Waals surface area (Å²) in [5, 5.41) is 3.14. The van der Waals surface area contributed by atoms with Gasteiger partial charge in [0.15, 0.2) is 5.82 Å². The van der Waals surface area contributed by atoms with Crippen molar-refractivity contribution in [3.05, 3.63) is 47.5 Å². The molecule has 2 fully saturated rings. The van der Waals surface area contributed by atoms with E-state index in [0.717, 1.165) is 42.6 Å². The zero-order valence-corrected chi connectivity index (χ0v) is 17.7. The zero-order valence-electron chi connectivity index (χ0n) is 16.9. The van der Waals surface area contributed by atoms with Gasteiger partial charge >= 0.3 is 0 Å². The normalized spacial score (nSPS) is 27.4. The summed E-state index contributed by atoms with van der Waals surface area (Å²) < 4.78 is 23.5. The van der Waals surface area contributed by atoms with Gasteiger partial charge in [0, 0.05) is 17.4 Å². The van der Waals surface area contributed by atoms with Gasteiger partial charge in [-0.3, -0.25) is 4.79 Å². The molecule has 1 unspecified atom stereocenters. The average molecular weight is 431 g/mol. The Morgan fingerprint density at radius 1 is 1.40 bits per heavy atom. The molecule has 5 atom stereocenters. The molecular formula is C22H27FN4O2S. The third-order valence-corrected chi connectivity index (χ3v) is 7.13. The molecule has 8 heteroatoms. The molecule has 1 aromatic carbocycles. The van der Waals surface area contributed by atoms with Crippen LogP contribution in [0.3, 0.4) is 0 Å². The van der Waals surface area contributed by atoms with Crippen molar-refractivity contribution < 1.29 is 13.7 Å². The van der Waals surface area contributed by atoms with Gasteiger partial charge in [-0.1, -0.05) is 19.1 Å². The van der Waals surface area contributed by atoms with E-state index in [0.29, 0.717) is 41.6 Å². The lowest BCUT2D eigenvalue weighted by Gasteiger charge is -2.32. The summed E-state index contributed by atoms with van der Waals surface area (Å²) >= 11 is 0.812. The fourth-order valence-corrected chi connectivity index (χ4v) is 5.81. The molecule has 0 saturated heterocycles. The van der Waals surface area contributed by atoms with Gasteiger partial charge in [-0.15, -0.1) is 0 Å². The van der Waals surface area contributed by atoms with Crippen molar-refractivity contribution in [3.63, 3.8) is 0 Å². The fourth-order valence-electron chi connectivity index (χ4n) is 5.48. The van der Waals surface area contributed by atoms with Crippen molar-refractivity contribution in [2.24, 2.45) is 35.3 Å². The van der Waals surface area contributed by atoms with Gasteiger partial charge in [0.05, 0.1) is 11.9 Å². The first kappa shape index (κ1) is 21.1. The highest BCUT2D eigenvalue weighted by molar-refractivity contribution is 7.93. The van der Waals surface area contributed by atoms with Crippen molar-refractivity contribution >= 4 is 29.6 Å². The number of amides is 1. The van der Waals surface area contributed by atoms with Gasteiger partial charge < -0.3 is 15.6 Å². The van der Waals surface area contributed by atoms with Crippen molar-refractivity contribution in [1.29, 1.82) is 0 Å². The van der Waals surface area contributed by atoms with Crippen molar-refractivity contribution in [3.8, 4) is 0 Å².